The maximum absolute atomic E-state index is 14.0. The monoisotopic (exact) mass is 767 g/mol. The number of carbonyl (C=O) groups excluding carboxylic acids is 2. The number of hydrogen-bond donors (Lipinski definition) is 2. The first kappa shape index (κ1) is 40.2. The van der Waals surface area contributed by atoms with Crippen LogP contribution in [0.15, 0.2) is 91.0 Å². The molecule has 5 rings (SSSR count). The van der Waals surface area contributed by atoms with Crippen LogP contribution in [-0.2, 0) is 27.5 Å². The third-order valence-corrected chi connectivity index (χ3v) is 11.5. The molecule has 1 aliphatic rings. The Kier molecular flexibility index (Phi) is 12.6. The zero-order valence-electron chi connectivity index (χ0n) is 30.0. The van der Waals surface area contributed by atoms with Gasteiger partial charge in [-0.2, -0.15) is 21.6 Å². The Morgan fingerprint density at radius 1 is 0.868 bits per heavy atom. The molecule has 2 N–H and O–H groups in total. The highest BCUT2D eigenvalue weighted by Crippen LogP contribution is 2.43. The van der Waals surface area contributed by atoms with Crippen LogP contribution in [0.4, 0.5) is 18.9 Å². The Hall–Kier alpha value is -3.99. The first-order chi connectivity index (χ1) is 24.9. The predicted octanol–water partition coefficient (Wildman–Crippen LogP) is 11.2. The van der Waals surface area contributed by atoms with Crippen molar-refractivity contribution < 1.29 is 35.7 Å². The molecule has 0 aliphatic heterocycles. The van der Waals surface area contributed by atoms with E-state index in [1.807, 2.05) is 12.1 Å². The summed E-state index contributed by atoms with van der Waals surface area (Å²) in [6.45, 7) is 6.92. The van der Waals surface area contributed by atoms with E-state index < -0.39 is 33.5 Å². The van der Waals surface area contributed by atoms with Gasteiger partial charge in [0.1, 0.15) is 0 Å². The van der Waals surface area contributed by atoms with Gasteiger partial charge in [0.15, 0.2) is 5.78 Å². The number of amides is 1. The van der Waals surface area contributed by atoms with Crippen molar-refractivity contribution in [1.29, 1.82) is 0 Å². The minimum absolute atomic E-state index is 0.00798. The molecular formula is C42H45ClF3NO5S. The summed E-state index contributed by atoms with van der Waals surface area (Å²) in [5.74, 6) is -0.423. The predicted molar refractivity (Wildman–Crippen MR) is 204 cm³/mol. The minimum atomic E-state index is -4.51. The van der Waals surface area contributed by atoms with Gasteiger partial charge in [-0.25, -0.2) is 0 Å². The van der Waals surface area contributed by atoms with E-state index in [1.165, 1.54) is 24.5 Å². The van der Waals surface area contributed by atoms with E-state index in [4.69, 9.17) is 16.2 Å². The van der Waals surface area contributed by atoms with E-state index >= 15 is 0 Å². The Morgan fingerprint density at radius 3 is 2.04 bits per heavy atom. The number of halogens is 4. The lowest BCUT2D eigenvalue weighted by Crippen LogP contribution is -2.25. The number of nitrogens with one attached hydrogen (secondary N) is 1. The molecule has 0 aromatic heterocycles. The van der Waals surface area contributed by atoms with Gasteiger partial charge < -0.3 is 5.32 Å². The van der Waals surface area contributed by atoms with Crippen LogP contribution in [0.25, 0.3) is 11.1 Å². The number of hydrogen-bond acceptors (Lipinski definition) is 4. The summed E-state index contributed by atoms with van der Waals surface area (Å²) in [6.07, 6.45) is 0.421. The molecule has 11 heteroatoms. The molecule has 53 heavy (non-hydrogen) atoms. The van der Waals surface area contributed by atoms with Crippen LogP contribution in [0.2, 0.25) is 5.02 Å². The minimum Gasteiger partial charge on any atom is -0.326 e. The quantitative estimate of drug-likeness (QED) is 0.110. The largest absolute Gasteiger partial charge is 0.416 e. The molecule has 4 aromatic rings. The first-order valence-electron chi connectivity index (χ1n) is 17.8. The highest BCUT2D eigenvalue weighted by molar-refractivity contribution is 7.85. The van der Waals surface area contributed by atoms with Gasteiger partial charge in [0, 0.05) is 28.3 Å². The number of Topliss-reactive ketones (excluding diaryl/α,β-unsaturated/α-hetero) is 1. The van der Waals surface area contributed by atoms with Gasteiger partial charge in [0.25, 0.3) is 10.1 Å². The van der Waals surface area contributed by atoms with Crippen molar-refractivity contribution in [2.75, 3.05) is 11.1 Å². The number of ketones is 1. The lowest BCUT2D eigenvalue weighted by Gasteiger charge is -2.37. The van der Waals surface area contributed by atoms with E-state index in [0.717, 1.165) is 36.1 Å². The number of benzene rings is 4. The number of rotatable bonds is 12. The number of anilines is 1. The normalized spacial score (nSPS) is 17.3. The zero-order valence-corrected chi connectivity index (χ0v) is 31.6. The SMILES string of the molecule is CC(C)(C)C1CCC(c2ccc(C(Cc3ccc(C(=O)CCCS(=O)(=O)O)cc3)C(=O)Nc3ccc(-c4ccc(C(F)(F)F)cc4Cl)cc3)cc2)CC1. The van der Waals surface area contributed by atoms with Crippen molar-refractivity contribution in [2.24, 2.45) is 11.3 Å². The van der Waals surface area contributed by atoms with E-state index in [-0.39, 0.29) is 29.6 Å². The molecule has 1 amide bonds. The highest BCUT2D eigenvalue weighted by Gasteiger charge is 2.32. The second kappa shape index (κ2) is 16.6. The van der Waals surface area contributed by atoms with Crippen LogP contribution in [0.5, 0.6) is 0 Å². The molecule has 282 valence electrons. The fourth-order valence-corrected chi connectivity index (χ4v) is 7.96. The summed E-state index contributed by atoms with van der Waals surface area (Å²) in [5.41, 5.74) is 4.30. The second-order valence-electron chi connectivity index (χ2n) is 15.1. The van der Waals surface area contributed by atoms with Crippen molar-refractivity contribution in [3.8, 4) is 11.1 Å². The topological polar surface area (TPSA) is 101 Å². The molecule has 1 unspecified atom stereocenters. The Morgan fingerprint density at radius 2 is 1.49 bits per heavy atom. The van der Waals surface area contributed by atoms with E-state index in [0.29, 0.717) is 46.0 Å². The van der Waals surface area contributed by atoms with Crippen LogP contribution in [0.1, 0.15) is 104 Å². The summed E-state index contributed by atoms with van der Waals surface area (Å²) in [4.78, 5) is 26.6. The molecule has 1 atom stereocenters. The molecule has 0 saturated heterocycles. The average molecular weight is 768 g/mol. The van der Waals surface area contributed by atoms with Gasteiger partial charge in [-0.3, -0.25) is 14.1 Å². The van der Waals surface area contributed by atoms with E-state index in [1.54, 1.807) is 48.5 Å². The summed E-state index contributed by atoms with van der Waals surface area (Å²) in [5, 5.41) is 2.97. The molecule has 1 fully saturated rings. The van der Waals surface area contributed by atoms with Gasteiger partial charge in [0.05, 0.1) is 17.2 Å². The van der Waals surface area contributed by atoms with Crippen molar-refractivity contribution >= 4 is 39.1 Å². The Labute approximate surface area is 314 Å². The molecule has 0 radical (unpaired) electrons. The average Bonchev–Trinajstić information content (AvgIpc) is 3.10. The highest BCUT2D eigenvalue weighted by atomic mass is 35.5. The van der Waals surface area contributed by atoms with Crippen LogP contribution in [0.3, 0.4) is 0 Å². The lowest BCUT2D eigenvalue weighted by atomic mass is 9.68. The molecule has 4 aromatic carbocycles. The van der Waals surface area contributed by atoms with Gasteiger partial charge in [-0.1, -0.05) is 99.1 Å². The second-order valence-corrected chi connectivity index (χ2v) is 17.1. The number of alkyl halides is 3. The van der Waals surface area contributed by atoms with Crippen LogP contribution in [-0.4, -0.2) is 30.4 Å². The summed E-state index contributed by atoms with van der Waals surface area (Å²) in [7, 11) is -4.15. The lowest BCUT2D eigenvalue weighted by molar-refractivity contribution is -0.137. The molecular weight excluding hydrogens is 723 g/mol. The Bertz CT molecular complexity index is 2000. The van der Waals surface area contributed by atoms with E-state index in [9.17, 15) is 31.2 Å². The fraction of sp³-hybridized carbons (Fsp3) is 0.381. The summed E-state index contributed by atoms with van der Waals surface area (Å²) >= 11 is 6.21. The van der Waals surface area contributed by atoms with E-state index in [2.05, 4.69) is 38.2 Å². The summed E-state index contributed by atoms with van der Waals surface area (Å²) in [6, 6.07) is 25.1. The molecule has 0 spiro atoms. The third-order valence-electron chi connectivity index (χ3n) is 10.4. The smallest absolute Gasteiger partial charge is 0.326 e. The maximum atomic E-state index is 14.0. The first-order valence-corrected chi connectivity index (χ1v) is 19.8. The molecule has 1 saturated carbocycles. The van der Waals surface area contributed by atoms with Crippen molar-refractivity contribution in [3.05, 3.63) is 124 Å². The maximum Gasteiger partial charge on any atom is 0.416 e. The van der Waals surface area contributed by atoms with Gasteiger partial charge in [0.2, 0.25) is 5.91 Å². The fourth-order valence-electron chi connectivity index (χ4n) is 7.17. The van der Waals surface area contributed by atoms with Gasteiger partial charge in [-0.15, -0.1) is 0 Å². The third kappa shape index (κ3) is 11.0. The van der Waals surface area contributed by atoms with Crippen molar-refractivity contribution in [2.45, 2.75) is 83.7 Å². The Balaban J connectivity index is 1.33. The zero-order chi connectivity index (χ0) is 38.6. The molecule has 0 bridgehead atoms. The molecule has 0 heterocycles. The van der Waals surface area contributed by atoms with Gasteiger partial charge in [-0.05, 0) is 102 Å². The van der Waals surface area contributed by atoms with Crippen molar-refractivity contribution in [1.82, 2.24) is 0 Å². The molecule has 1 aliphatic carbocycles. The van der Waals surface area contributed by atoms with Gasteiger partial charge >= 0.3 is 6.18 Å². The van der Waals surface area contributed by atoms with Crippen molar-refractivity contribution in [3.63, 3.8) is 0 Å². The number of carbonyl (C=O) groups is 2. The molecule has 6 nitrogen and oxygen atoms in total. The van der Waals surface area contributed by atoms with Crippen LogP contribution < -0.4 is 5.32 Å². The standard InChI is InChI=1S/C42H45ClF3NO5S/c1-41(2,3)33-18-14-29(15-19-33)28-10-12-31(13-11-28)37(25-27-6-8-32(9-7-27)39(48)5-4-24-53(50,51)52)40(49)47-35-21-16-30(17-22-35)36-23-20-34(26-38(36)43)42(44,45)46/h6-13,16-17,20-23,26,29,33,37H,4-5,14-15,18-19,24-25H2,1-3H3,(H,47,49)(H,50,51,52). The van der Waals surface area contributed by atoms with Crippen LogP contribution >= 0.6 is 11.6 Å². The van der Waals surface area contributed by atoms with Crippen LogP contribution in [0, 0.1) is 11.3 Å². The summed E-state index contributed by atoms with van der Waals surface area (Å²) < 4.78 is 70.4.